The minimum Gasteiger partial charge on any atom is -0.211 e. The Hall–Kier alpha value is 0.200. The average molecular weight is 214 g/mol. The summed E-state index contributed by atoms with van der Waals surface area (Å²) < 4.78 is 24.5. The molecule has 0 aromatic rings. The third-order valence-corrected chi connectivity index (χ3v) is 3.89. The van der Waals surface area contributed by atoms with E-state index in [2.05, 4.69) is 4.72 Å². The van der Waals surface area contributed by atoms with Gasteiger partial charge in [-0.1, -0.05) is 20.3 Å². The van der Waals surface area contributed by atoms with Crippen LogP contribution in [0.25, 0.3) is 0 Å². The van der Waals surface area contributed by atoms with Gasteiger partial charge in [0.1, 0.15) is 5.21 Å². The van der Waals surface area contributed by atoms with Crippen LogP contribution in [0.4, 0.5) is 0 Å². The SMILES string of the molecule is CCC(C)C(C)NS(=O)(=O)CCl. The van der Waals surface area contributed by atoms with Gasteiger partial charge < -0.3 is 0 Å². The summed E-state index contributed by atoms with van der Waals surface area (Å²) in [5, 5.41) is -0.367. The normalized spacial score (nSPS) is 17.3. The van der Waals surface area contributed by atoms with E-state index in [1.165, 1.54) is 0 Å². The van der Waals surface area contributed by atoms with Crippen molar-refractivity contribution < 1.29 is 8.42 Å². The van der Waals surface area contributed by atoms with Crippen LogP contribution in [0, 0.1) is 5.92 Å². The largest absolute Gasteiger partial charge is 0.225 e. The van der Waals surface area contributed by atoms with Crippen LogP contribution < -0.4 is 4.72 Å². The minimum atomic E-state index is -3.26. The number of sulfonamides is 1. The molecule has 0 bridgehead atoms. The lowest BCUT2D eigenvalue weighted by atomic mass is 10.0. The number of nitrogens with one attached hydrogen (secondary N) is 1. The quantitative estimate of drug-likeness (QED) is 0.705. The van der Waals surface area contributed by atoms with Crippen LogP contribution >= 0.6 is 11.6 Å². The van der Waals surface area contributed by atoms with Gasteiger partial charge in [0, 0.05) is 6.04 Å². The molecule has 0 aliphatic carbocycles. The molecule has 0 heterocycles. The fourth-order valence-electron chi connectivity index (χ4n) is 0.784. The molecule has 0 amide bonds. The van der Waals surface area contributed by atoms with Crippen LogP contribution in [0.5, 0.6) is 0 Å². The molecule has 3 nitrogen and oxygen atoms in total. The molecule has 0 saturated heterocycles. The molecule has 0 saturated carbocycles. The average Bonchev–Trinajstić information content (AvgIpc) is 2.02. The fourth-order valence-corrected chi connectivity index (χ4v) is 1.84. The van der Waals surface area contributed by atoms with Crippen LogP contribution in [0.3, 0.4) is 0 Å². The maximum Gasteiger partial charge on any atom is 0.225 e. The number of halogens is 1. The lowest BCUT2D eigenvalue weighted by Crippen LogP contribution is -2.37. The minimum absolute atomic E-state index is 0.0428. The molecular weight excluding hydrogens is 198 g/mol. The Morgan fingerprint density at radius 2 is 1.92 bits per heavy atom. The van der Waals surface area contributed by atoms with Gasteiger partial charge in [0.05, 0.1) is 0 Å². The molecule has 2 unspecified atom stereocenters. The van der Waals surface area contributed by atoms with E-state index in [0.717, 1.165) is 6.42 Å². The molecule has 12 heavy (non-hydrogen) atoms. The van der Waals surface area contributed by atoms with Crippen molar-refractivity contribution in [2.45, 2.75) is 33.2 Å². The molecule has 0 fully saturated rings. The van der Waals surface area contributed by atoms with Crippen molar-refractivity contribution in [3.8, 4) is 0 Å². The first-order valence-electron chi connectivity index (χ1n) is 3.99. The lowest BCUT2D eigenvalue weighted by Gasteiger charge is -2.18. The maximum atomic E-state index is 11.0. The summed E-state index contributed by atoms with van der Waals surface area (Å²) in [6, 6.07) is -0.0428. The molecular formula is C7H16ClNO2S. The van der Waals surface area contributed by atoms with Crippen LogP contribution in [0.15, 0.2) is 0 Å². The fraction of sp³-hybridized carbons (Fsp3) is 1.00. The van der Waals surface area contributed by atoms with E-state index in [0.29, 0.717) is 5.92 Å². The number of rotatable bonds is 5. The predicted molar refractivity (Wildman–Crippen MR) is 51.7 cm³/mol. The Bertz CT molecular complexity index is 215. The molecule has 0 radical (unpaired) electrons. The van der Waals surface area contributed by atoms with E-state index in [1.54, 1.807) is 0 Å². The van der Waals surface area contributed by atoms with Gasteiger partial charge in [0.2, 0.25) is 10.0 Å². The Morgan fingerprint density at radius 3 is 2.25 bits per heavy atom. The van der Waals surface area contributed by atoms with Gasteiger partial charge in [-0.3, -0.25) is 0 Å². The van der Waals surface area contributed by atoms with Crippen molar-refractivity contribution >= 4 is 21.6 Å². The van der Waals surface area contributed by atoms with Gasteiger partial charge in [-0.2, -0.15) is 0 Å². The first kappa shape index (κ1) is 12.2. The monoisotopic (exact) mass is 213 g/mol. The van der Waals surface area contributed by atoms with Crippen LogP contribution in [0.1, 0.15) is 27.2 Å². The van der Waals surface area contributed by atoms with Crippen LogP contribution in [0.2, 0.25) is 0 Å². The second-order valence-corrected chi connectivity index (χ2v) is 5.35. The van der Waals surface area contributed by atoms with Gasteiger partial charge in [-0.25, -0.2) is 13.1 Å². The highest BCUT2D eigenvalue weighted by Crippen LogP contribution is 2.07. The van der Waals surface area contributed by atoms with E-state index < -0.39 is 10.0 Å². The van der Waals surface area contributed by atoms with Crippen molar-refractivity contribution in [2.75, 3.05) is 5.21 Å². The summed E-state index contributed by atoms with van der Waals surface area (Å²) in [6.45, 7) is 5.87. The summed E-state index contributed by atoms with van der Waals surface area (Å²) in [5.41, 5.74) is 0. The summed E-state index contributed by atoms with van der Waals surface area (Å²) in [6.07, 6.45) is 0.950. The topological polar surface area (TPSA) is 46.2 Å². The Kier molecular flexibility index (Phi) is 5.13. The van der Waals surface area contributed by atoms with E-state index in [9.17, 15) is 8.42 Å². The Morgan fingerprint density at radius 1 is 1.42 bits per heavy atom. The highest BCUT2D eigenvalue weighted by atomic mass is 35.5. The molecule has 0 aliphatic heterocycles. The van der Waals surface area contributed by atoms with Gasteiger partial charge in [-0.15, -0.1) is 11.6 Å². The number of hydrogen-bond donors (Lipinski definition) is 1. The second kappa shape index (κ2) is 5.04. The molecule has 1 N–H and O–H groups in total. The Balaban J connectivity index is 4.09. The Labute approximate surface area is 79.5 Å². The van der Waals surface area contributed by atoms with Crippen LogP contribution in [-0.2, 0) is 10.0 Å². The molecule has 2 atom stereocenters. The van der Waals surface area contributed by atoms with Crippen molar-refractivity contribution in [3.05, 3.63) is 0 Å². The van der Waals surface area contributed by atoms with E-state index in [4.69, 9.17) is 11.6 Å². The second-order valence-electron chi connectivity index (χ2n) is 3.02. The standard InChI is InChI=1S/C7H16ClNO2S/c1-4-6(2)7(3)9-12(10,11)5-8/h6-7,9H,4-5H2,1-3H3. The van der Waals surface area contributed by atoms with E-state index in [1.807, 2.05) is 20.8 Å². The first-order valence-corrected chi connectivity index (χ1v) is 6.17. The number of alkyl halides is 1. The zero-order valence-corrected chi connectivity index (χ0v) is 9.24. The van der Waals surface area contributed by atoms with Crippen molar-refractivity contribution in [1.82, 2.24) is 4.72 Å². The number of hydrogen-bond acceptors (Lipinski definition) is 2. The molecule has 0 aromatic heterocycles. The molecule has 0 aromatic carbocycles. The molecule has 5 heteroatoms. The van der Waals surface area contributed by atoms with Crippen molar-refractivity contribution in [3.63, 3.8) is 0 Å². The summed E-state index contributed by atoms with van der Waals surface area (Å²) in [5.74, 6) is 0.336. The molecule has 0 rings (SSSR count). The summed E-state index contributed by atoms with van der Waals surface area (Å²) in [7, 11) is -3.26. The third kappa shape index (κ3) is 4.28. The smallest absolute Gasteiger partial charge is 0.211 e. The lowest BCUT2D eigenvalue weighted by molar-refractivity contribution is 0.435. The van der Waals surface area contributed by atoms with Gasteiger partial charge >= 0.3 is 0 Å². The maximum absolute atomic E-state index is 11.0. The van der Waals surface area contributed by atoms with Crippen LogP contribution in [-0.4, -0.2) is 19.7 Å². The third-order valence-electron chi connectivity index (χ3n) is 2.01. The summed E-state index contributed by atoms with van der Waals surface area (Å²) in [4.78, 5) is 0. The highest BCUT2D eigenvalue weighted by molar-refractivity contribution is 7.90. The van der Waals surface area contributed by atoms with Gasteiger partial charge in [0.15, 0.2) is 0 Å². The highest BCUT2D eigenvalue weighted by Gasteiger charge is 2.16. The first-order chi connectivity index (χ1) is 5.43. The van der Waals surface area contributed by atoms with Crippen molar-refractivity contribution in [1.29, 1.82) is 0 Å². The van der Waals surface area contributed by atoms with Gasteiger partial charge in [-0.05, 0) is 12.8 Å². The van der Waals surface area contributed by atoms with E-state index >= 15 is 0 Å². The zero-order valence-electron chi connectivity index (χ0n) is 7.67. The zero-order chi connectivity index (χ0) is 9.78. The molecule has 0 spiro atoms. The predicted octanol–water partition coefficient (Wildman–Crippen LogP) is 1.54. The molecule has 74 valence electrons. The summed E-state index contributed by atoms with van der Waals surface area (Å²) >= 11 is 5.23. The van der Waals surface area contributed by atoms with E-state index in [-0.39, 0.29) is 11.3 Å². The molecule has 0 aliphatic rings. The van der Waals surface area contributed by atoms with Crippen molar-refractivity contribution in [2.24, 2.45) is 5.92 Å². The van der Waals surface area contributed by atoms with Gasteiger partial charge in [0.25, 0.3) is 0 Å².